The third-order valence-corrected chi connectivity index (χ3v) is 2.96. The summed E-state index contributed by atoms with van der Waals surface area (Å²) in [5.74, 6) is -0.114. The largest absolute Gasteiger partial charge is 0.292 e. The molecule has 0 atom stereocenters. The summed E-state index contributed by atoms with van der Waals surface area (Å²) < 4.78 is 0. The lowest BCUT2D eigenvalue weighted by Gasteiger charge is -2.03. The van der Waals surface area contributed by atoms with Crippen LogP contribution in [-0.4, -0.2) is 15.8 Å². The molecule has 0 aromatic carbocycles. The fraction of sp³-hybridized carbons (Fsp3) is 0.214. The normalized spacial score (nSPS) is 10.3. The second-order valence-corrected chi connectivity index (χ2v) is 4.35. The number of ketones is 1. The second-order valence-electron chi connectivity index (χ2n) is 3.95. The first-order chi connectivity index (χ1) is 8.70. The first kappa shape index (κ1) is 12.7. The van der Waals surface area contributed by atoms with Gasteiger partial charge in [-0.05, 0) is 30.2 Å². The summed E-state index contributed by atoms with van der Waals surface area (Å²) in [7, 11) is 0. The van der Waals surface area contributed by atoms with Crippen LogP contribution in [0.5, 0.6) is 0 Å². The molecule has 2 aromatic heterocycles. The summed E-state index contributed by atoms with van der Waals surface area (Å²) in [5, 5.41) is 0.382. The molecule has 0 saturated carbocycles. The van der Waals surface area contributed by atoms with Crippen molar-refractivity contribution in [3.8, 4) is 0 Å². The number of aryl methyl sites for hydroxylation is 1. The fourth-order valence-electron chi connectivity index (χ4n) is 1.61. The third-order valence-electron chi connectivity index (χ3n) is 2.66. The summed E-state index contributed by atoms with van der Waals surface area (Å²) in [5.41, 5.74) is 2.20. The van der Waals surface area contributed by atoms with E-state index >= 15 is 0 Å². The molecule has 92 valence electrons. The maximum Gasteiger partial charge on any atom is 0.188 e. The van der Waals surface area contributed by atoms with Crippen LogP contribution in [0.2, 0.25) is 5.02 Å². The van der Waals surface area contributed by atoms with Crippen LogP contribution < -0.4 is 0 Å². The van der Waals surface area contributed by atoms with E-state index in [4.69, 9.17) is 11.6 Å². The summed E-state index contributed by atoms with van der Waals surface area (Å²) in [6, 6.07) is 7.21. The molecule has 0 radical (unpaired) electrons. The molecular formula is C14H13ClN2O. The van der Waals surface area contributed by atoms with Gasteiger partial charge in [-0.1, -0.05) is 24.6 Å². The van der Waals surface area contributed by atoms with Crippen LogP contribution in [0, 0.1) is 0 Å². The molecule has 0 aliphatic heterocycles. The van der Waals surface area contributed by atoms with Crippen LogP contribution in [0.15, 0.2) is 36.7 Å². The van der Waals surface area contributed by atoms with Crippen molar-refractivity contribution in [2.24, 2.45) is 0 Å². The zero-order chi connectivity index (χ0) is 13.0. The summed E-state index contributed by atoms with van der Waals surface area (Å²) in [6.07, 6.45) is 4.52. The van der Waals surface area contributed by atoms with E-state index in [1.807, 2.05) is 12.1 Å². The number of aromatic nitrogens is 2. The van der Waals surface area contributed by atoms with Crippen molar-refractivity contribution in [1.82, 2.24) is 9.97 Å². The summed E-state index contributed by atoms with van der Waals surface area (Å²) in [4.78, 5) is 20.3. The molecule has 0 spiro atoms. The van der Waals surface area contributed by atoms with Gasteiger partial charge in [0.1, 0.15) is 5.69 Å². The molecule has 0 saturated heterocycles. The lowest BCUT2D eigenvalue weighted by molar-refractivity contribution is 0.0987. The Morgan fingerprint density at radius 1 is 1.28 bits per heavy atom. The molecule has 3 nitrogen and oxygen atoms in total. The van der Waals surface area contributed by atoms with Gasteiger partial charge in [0.05, 0.1) is 11.4 Å². The van der Waals surface area contributed by atoms with Gasteiger partial charge in [-0.3, -0.25) is 14.8 Å². The molecule has 0 unspecified atom stereocenters. The Balaban J connectivity index is 2.14. The number of pyridine rings is 2. The van der Waals surface area contributed by atoms with Gasteiger partial charge in [-0.15, -0.1) is 0 Å². The Kier molecular flexibility index (Phi) is 4.05. The number of carbonyl (C=O) groups excluding carboxylic acids is 1. The van der Waals surface area contributed by atoms with E-state index in [1.165, 1.54) is 0 Å². The molecule has 2 rings (SSSR count). The fourth-order valence-corrected chi connectivity index (χ4v) is 1.83. The molecule has 18 heavy (non-hydrogen) atoms. The monoisotopic (exact) mass is 260 g/mol. The molecular weight excluding hydrogens is 248 g/mol. The number of hydrogen-bond donors (Lipinski definition) is 0. The maximum absolute atomic E-state index is 12.0. The number of nitrogens with zero attached hydrogens (tertiary/aromatic N) is 2. The highest BCUT2D eigenvalue weighted by atomic mass is 35.5. The van der Waals surface area contributed by atoms with Crippen LogP contribution in [0.1, 0.15) is 28.7 Å². The van der Waals surface area contributed by atoms with E-state index in [1.54, 1.807) is 24.5 Å². The first-order valence-corrected chi connectivity index (χ1v) is 6.16. The van der Waals surface area contributed by atoms with Gasteiger partial charge >= 0.3 is 0 Å². The average molecular weight is 261 g/mol. The van der Waals surface area contributed by atoms with E-state index in [9.17, 15) is 4.79 Å². The zero-order valence-electron chi connectivity index (χ0n) is 10.1. The summed E-state index contributed by atoms with van der Waals surface area (Å²) >= 11 is 5.93. The number of carbonyl (C=O) groups is 1. The lowest BCUT2D eigenvalue weighted by atomic mass is 10.1. The van der Waals surface area contributed by atoms with E-state index < -0.39 is 0 Å². The van der Waals surface area contributed by atoms with Crippen molar-refractivity contribution in [2.75, 3.05) is 0 Å². The highest BCUT2D eigenvalue weighted by Gasteiger charge is 2.12. The molecule has 0 bridgehead atoms. The van der Waals surface area contributed by atoms with Crippen LogP contribution in [-0.2, 0) is 12.8 Å². The van der Waals surface area contributed by atoms with Gasteiger partial charge in [0.25, 0.3) is 0 Å². The third kappa shape index (κ3) is 2.93. The molecule has 0 N–H and O–H groups in total. The van der Waals surface area contributed by atoms with Gasteiger partial charge in [0, 0.05) is 18.1 Å². The Bertz CT molecular complexity index is 552. The van der Waals surface area contributed by atoms with Gasteiger partial charge in [-0.25, -0.2) is 0 Å². The Labute approximate surface area is 111 Å². The Hall–Kier alpha value is -1.74. The summed E-state index contributed by atoms with van der Waals surface area (Å²) in [6.45, 7) is 2.06. The van der Waals surface area contributed by atoms with Gasteiger partial charge in [0.2, 0.25) is 0 Å². The van der Waals surface area contributed by atoms with Crippen LogP contribution in [0.3, 0.4) is 0 Å². The van der Waals surface area contributed by atoms with Gasteiger partial charge < -0.3 is 0 Å². The van der Waals surface area contributed by atoms with E-state index in [0.29, 0.717) is 10.7 Å². The van der Waals surface area contributed by atoms with Crippen molar-refractivity contribution >= 4 is 17.4 Å². The molecule has 2 aromatic rings. The lowest BCUT2D eigenvalue weighted by Crippen LogP contribution is -2.07. The van der Waals surface area contributed by atoms with E-state index in [-0.39, 0.29) is 12.2 Å². The molecule has 4 heteroatoms. The SMILES string of the molecule is CCc1ccc(CC(=O)c2ncccc2Cl)nc1. The minimum atomic E-state index is -0.114. The standard InChI is InChI=1S/C14H13ClN2O/c1-2-10-5-6-11(17-9-10)8-13(18)14-12(15)4-3-7-16-14/h3-7,9H,2,8H2,1H3. The van der Waals surface area contributed by atoms with E-state index in [0.717, 1.165) is 17.7 Å². The predicted octanol–water partition coefficient (Wildman–Crippen LogP) is 3.12. The van der Waals surface area contributed by atoms with Crippen molar-refractivity contribution in [3.63, 3.8) is 0 Å². The van der Waals surface area contributed by atoms with Crippen molar-refractivity contribution in [3.05, 3.63) is 58.6 Å². The van der Waals surface area contributed by atoms with Crippen LogP contribution in [0.25, 0.3) is 0 Å². The molecule has 0 fully saturated rings. The molecule has 2 heterocycles. The quantitative estimate of drug-likeness (QED) is 0.794. The molecule has 0 amide bonds. The molecule has 0 aliphatic carbocycles. The van der Waals surface area contributed by atoms with Crippen molar-refractivity contribution < 1.29 is 4.79 Å². The number of Topliss-reactive ketones (excluding diaryl/α,β-unsaturated/α-hetero) is 1. The van der Waals surface area contributed by atoms with E-state index in [2.05, 4.69) is 16.9 Å². The smallest absolute Gasteiger partial charge is 0.188 e. The second kappa shape index (κ2) is 5.74. The highest BCUT2D eigenvalue weighted by Crippen LogP contribution is 2.14. The average Bonchev–Trinajstić information content (AvgIpc) is 2.40. The number of halogens is 1. The zero-order valence-corrected chi connectivity index (χ0v) is 10.8. The van der Waals surface area contributed by atoms with Gasteiger partial charge in [-0.2, -0.15) is 0 Å². The Morgan fingerprint density at radius 3 is 2.72 bits per heavy atom. The number of hydrogen-bond acceptors (Lipinski definition) is 3. The highest BCUT2D eigenvalue weighted by molar-refractivity contribution is 6.33. The molecule has 0 aliphatic rings. The Morgan fingerprint density at radius 2 is 2.11 bits per heavy atom. The van der Waals surface area contributed by atoms with Crippen LogP contribution >= 0.6 is 11.6 Å². The minimum Gasteiger partial charge on any atom is -0.292 e. The van der Waals surface area contributed by atoms with Gasteiger partial charge in [0.15, 0.2) is 5.78 Å². The van der Waals surface area contributed by atoms with Crippen molar-refractivity contribution in [2.45, 2.75) is 19.8 Å². The topological polar surface area (TPSA) is 42.9 Å². The predicted molar refractivity (Wildman–Crippen MR) is 70.9 cm³/mol. The van der Waals surface area contributed by atoms with Crippen LogP contribution in [0.4, 0.5) is 0 Å². The maximum atomic E-state index is 12.0. The first-order valence-electron chi connectivity index (χ1n) is 5.78. The minimum absolute atomic E-state index is 0.114. The van der Waals surface area contributed by atoms with Crippen molar-refractivity contribution in [1.29, 1.82) is 0 Å². The number of rotatable bonds is 4.